The van der Waals surface area contributed by atoms with Crippen molar-refractivity contribution in [1.82, 2.24) is 5.43 Å². The third-order valence-corrected chi connectivity index (χ3v) is 6.91. The van der Waals surface area contributed by atoms with Crippen molar-refractivity contribution >= 4 is 23.5 Å². The van der Waals surface area contributed by atoms with Crippen molar-refractivity contribution in [2.45, 2.75) is 35.8 Å². The van der Waals surface area contributed by atoms with Crippen molar-refractivity contribution in [3.8, 4) is 0 Å². The zero-order valence-corrected chi connectivity index (χ0v) is 13.9. The summed E-state index contributed by atoms with van der Waals surface area (Å²) in [6, 6.07) is 10.9. The van der Waals surface area contributed by atoms with Crippen molar-refractivity contribution in [1.29, 1.82) is 0 Å². The normalized spacial score (nSPS) is 30.6. The first-order chi connectivity index (χ1) is 10.3. The van der Waals surface area contributed by atoms with Gasteiger partial charge in [0.2, 0.25) is 0 Å². The van der Waals surface area contributed by atoms with E-state index in [1.165, 1.54) is 17.1 Å². The first-order valence-corrected chi connectivity index (χ1v) is 9.81. The number of rotatable bonds is 5. The molecule has 3 N–H and O–H groups in total. The second-order valence-corrected chi connectivity index (χ2v) is 8.18. The van der Waals surface area contributed by atoms with Crippen LogP contribution in [-0.4, -0.2) is 35.5 Å². The molecule has 3 atom stereocenters. The molecule has 0 aliphatic carbocycles. The van der Waals surface area contributed by atoms with E-state index in [0.29, 0.717) is 12.0 Å². The third-order valence-electron chi connectivity index (χ3n) is 4.55. The quantitative estimate of drug-likeness (QED) is 0.495. The molecule has 3 rings (SSSR count). The Balaban J connectivity index is 1.57. The average molecular weight is 325 g/mol. The lowest BCUT2D eigenvalue weighted by molar-refractivity contribution is -0.0838. The molecule has 2 aliphatic heterocycles. The SMILES string of the molecule is NNC(CSc1ccccc1)C1CCOC2(CCSC2)C1. The van der Waals surface area contributed by atoms with E-state index in [2.05, 4.69) is 35.8 Å². The minimum atomic E-state index is 0.139. The monoisotopic (exact) mass is 324 g/mol. The Morgan fingerprint density at radius 3 is 3.00 bits per heavy atom. The molecule has 0 saturated carbocycles. The Morgan fingerprint density at radius 2 is 2.29 bits per heavy atom. The lowest BCUT2D eigenvalue weighted by atomic mass is 9.82. The lowest BCUT2D eigenvalue weighted by Gasteiger charge is -2.40. The Bertz CT molecular complexity index is 437. The molecule has 3 nitrogen and oxygen atoms in total. The summed E-state index contributed by atoms with van der Waals surface area (Å²) in [6.45, 7) is 0.888. The number of hydrogen-bond acceptors (Lipinski definition) is 5. The number of nitrogens with two attached hydrogens (primary N) is 1. The van der Waals surface area contributed by atoms with E-state index in [4.69, 9.17) is 10.6 Å². The van der Waals surface area contributed by atoms with Gasteiger partial charge in [-0.1, -0.05) is 18.2 Å². The van der Waals surface area contributed by atoms with E-state index >= 15 is 0 Å². The summed E-state index contributed by atoms with van der Waals surface area (Å²) in [7, 11) is 0. The van der Waals surface area contributed by atoms with E-state index in [-0.39, 0.29) is 5.60 Å². The molecule has 2 saturated heterocycles. The molecule has 1 aromatic rings. The second kappa shape index (κ2) is 7.38. The maximum absolute atomic E-state index is 6.12. The summed E-state index contributed by atoms with van der Waals surface area (Å²) >= 11 is 3.92. The largest absolute Gasteiger partial charge is 0.374 e. The van der Waals surface area contributed by atoms with Crippen LogP contribution in [0.25, 0.3) is 0 Å². The Labute approximate surface area is 135 Å². The Kier molecular flexibility index (Phi) is 5.51. The van der Waals surface area contributed by atoms with Gasteiger partial charge in [-0.3, -0.25) is 11.3 Å². The summed E-state index contributed by atoms with van der Waals surface area (Å²) in [6.07, 6.45) is 3.48. The maximum atomic E-state index is 6.12. The standard InChI is InChI=1S/C16H24N2OS2/c17-18-15(11-21-14-4-2-1-3-5-14)13-6-8-19-16(10-13)7-9-20-12-16/h1-5,13,15,18H,6-12,17H2. The predicted molar refractivity (Wildman–Crippen MR) is 91.6 cm³/mol. The fraction of sp³-hybridized carbons (Fsp3) is 0.625. The summed E-state index contributed by atoms with van der Waals surface area (Å²) < 4.78 is 6.12. The fourth-order valence-electron chi connectivity index (χ4n) is 3.30. The van der Waals surface area contributed by atoms with Gasteiger partial charge in [0.05, 0.1) is 5.60 Å². The van der Waals surface area contributed by atoms with E-state index in [9.17, 15) is 0 Å². The van der Waals surface area contributed by atoms with Crippen LogP contribution in [0.3, 0.4) is 0 Å². The molecule has 1 spiro atoms. The number of hydrazine groups is 1. The van der Waals surface area contributed by atoms with E-state index in [0.717, 1.165) is 31.0 Å². The third kappa shape index (κ3) is 3.96. The van der Waals surface area contributed by atoms with Gasteiger partial charge in [0.25, 0.3) is 0 Å². The van der Waals surface area contributed by atoms with Crippen LogP contribution in [0.5, 0.6) is 0 Å². The minimum Gasteiger partial charge on any atom is -0.374 e. The number of nitrogens with one attached hydrogen (secondary N) is 1. The first kappa shape index (κ1) is 15.7. The van der Waals surface area contributed by atoms with Gasteiger partial charge in [-0.05, 0) is 43.1 Å². The highest BCUT2D eigenvalue weighted by Crippen LogP contribution is 2.41. The van der Waals surface area contributed by atoms with Crippen molar-refractivity contribution in [2.75, 3.05) is 23.9 Å². The van der Waals surface area contributed by atoms with Crippen LogP contribution < -0.4 is 11.3 Å². The molecule has 0 radical (unpaired) electrons. The summed E-state index contributed by atoms with van der Waals surface area (Å²) in [4.78, 5) is 1.32. The molecule has 0 bridgehead atoms. The van der Waals surface area contributed by atoms with Crippen LogP contribution in [0.2, 0.25) is 0 Å². The van der Waals surface area contributed by atoms with Gasteiger partial charge in [-0.15, -0.1) is 11.8 Å². The van der Waals surface area contributed by atoms with Crippen LogP contribution in [0, 0.1) is 5.92 Å². The second-order valence-electron chi connectivity index (χ2n) is 5.98. The molecule has 2 fully saturated rings. The first-order valence-electron chi connectivity index (χ1n) is 7.67. The van der Waals surface area contributed by atoms with Gasteiger partial charge in [0.15, 0.2) is 0 Å². The van der Waals surface area contributed by atoms with E-state index < -0.39 is 0 Å². The minimum absolute atomic E-state index is 0.139. The number of ether oxygens (including phenoxy) is 1. The molecule has 116 valence electrons. The Hall–Kier alpha value is -0.200. The summed E-state index contributed by atoms with van der Waals surface area (Å²) in [5.41, 5.74) is 3.20. The van der Waals surface area contributed by atoms with E-state index in [1.807, 2.05) is 23.5 Å². The van der Waals surface area contributed by atoms with E-state index in [1.54, 1.807) is 0 Å². The predicted octanol–water partition coefficient (Wildman–Crippen LogP) is 2.91. The number of hydrogen-bond donors (Lipinski definition) is 2. The molecule has 0 aromatic heterocycles. The van der Waals surface area contributed by atoms with Crippen LogP contribution in [0.15, 0.2) is 35.2 Å². The zero-order chi connectivity index (χ0) is 14.5. The van der Waals surface area contributed by atoms with Gasteiger partial charge < -0.3 is 4.74 Å². The number of thioether (sulfide) groups is 2. The molecular weight excluding hydrogens is 300 g/mol. The van der Waals surface area contributed by atoms with Crippen LogP contribution in [-0.2, 0) is 4.74 Å². The molecule has 2 aliphatic rings. The average Bonchev–Trinajstić information content (AvgIpc) is 2.97. The van der Waals surface area contributed by atoms with Crippen LogP contribution >= 0.6 is 23.5 Å². The van der Waals surface area contributed by atoms with Gasteiger partial charge in [0, 0.05) is 29.0 Å². The lowest BCUT2D eigenvalue weighted by Crippen LogP contribution is -2.50. The van der Waals surface area contributed by atoms with Gasteiger partial charge in [-0.25, -0.2) is 0 Å². The van der Waals surface area contributed by atoms with Crippen molar-refractivity contribution < 1.29 is 4.74 Å². The van der Waals surface area contributed by atoms with Gasteiger partial charge in [-0.2, -0.15) is 11.8 Å². The molecule has 1 aromatic carbocycles. The summed E-state index contributed by atoms with van der Waals surface area (Å²) in [5.74, 6) is 9.89. The summed E-state index contributed by atoms with van der Waals surface area (Å²) in [5, 5.41) is 0. The highest BCUT2D eigenvalue weighted by atomic mass is 32.2. The van der Waals surface area contributed by atoms with Crippen molar-refractivity contribution in [3.05, 3.63) is 30.3 Å². The highest BCUT2D eigenvalue weighted by Gasteiger charge is 2.42. The number of benzene rings is 1. The molecule has 5 heteroatoms. The van der Waals surface area contributed by atoms with Crippen LogP contribution in [0.1, 0.15) is 19.3 Å². The maximum Gasteiger partial charge on any atom is 0.0783 e. The van der Waals surface area contributed by atoms with Gasteiger partial charge in [0.1, 0.15) is 0 Å². The highest BCUT2D eigenvalue weighted by molar-refractivity contribution is 7.99. The fourth-order valence-corrected chi connectivity index (χ4v) is 5.76. The van der Waals surface area contributed by atoms with Crippen molar-refractivity contribution in [2.24, 2.45) is 11.8 Å². The van der Waals surface area contributed by atoms with Gasteiger partial charge >= 0.3 is 0 Å². The van der Waals surface area contributed by atoms with Crippen molar-refractivity contribution in [3.63, 3.8) is 0 Å². The molecule has 0 amide bonds. The zero-order valence-electron chi connectivity index (χ0n) is 12.3. The molecular formula is C16H24N2OS2. The smallest absolute Gasteiger partial charge is 0.0783 e. The molecule has 21 heavy (non-hydrogen) atoms. The van der Waals surface area contributed by atoms with Crippen LogP contribution in [0.4, 0.5) is 0 Å². The topological polar surface area (TPSA) is 47.3 Å². The molecule has 2 heterocycles. The Morgan fingerprint density at radius 1 is 1.43 bits per heavy atom. The molecule has 3 unspecified atom stereocenters.